The van der Waals surface area contributed by atoms with Gasteiger partial charge in [-0.05, 0) is 67.0 Å². The van der Waals surface area contributed by atoms with Crippen LogP contribution < -0.4 is 16.0 Å². The van der Waals surface area contributed by atoms with E-state index in [1.165, 1.54) is 22.7 Å². The van der Waals surface area contributed by atoms with Gasteiger partial charge in [-0.15, -0.1) is 11.3 Å². The van der Waals surface area contributed by atoms with E-state index < -0.39 is 47.2 Å². The van der Waals surface area contributed by atoms with Gasteiger partial charge in [0.15, 0.2) is 5.60 Å². The number of hydrogen-bond donors (Lipinski definition) is 3. The number of nitrogens with one attached hydrogen (secondary N) is 3. The second kappa shape index (κ2) is 16.0. The van der Waals surface area contributed by atoms with Crippen LogP contribution in [0.25, 0.3) is 10.1 Å². The van der Waals surface area contributed by atoms with Crippen LogP contribution >= 0.6 is 22.9 Å². The van der Waals surface area contributed by atoms with Crippen LogP contribution in [0.2, 0.25) is 5.02 Å². The molecule has 1 spiro atoms. The van der Waals surface area contributed by atoms with Crippen LogP contribution in [0.1, 0.15) is 101 Å². The van der Waals surface area contributed by atoms with Gasteiger partial charge in [0, 0.05) is 46.2 Å². The molecular weight excluding hydrogens is 714 g/mol. The maximum atomic E-state index is 15.0. The highest BCUT2D eigenvalue weighted by molar-refractivity contribution is 7.17. The number of Topliss-reactive ketones (excluding diaryl/α,β-unsaturated/α-hetero) is 1. The third-order valence-electron chi connectivity index (χ3n) is 10.9. The maximum absolute atomic E-state index is 15.0. The number of thiophene rings is 1. The zero-order valence-corrected chi connectivity index (χ0v) is 31.5. The van der Waals surface area contributed by atoms with Gasteiger partial charge >= 0.3 is 0 Å². The Labute approximate surface area is 318 Å². The lowest BCUT2D eigenvalue weighted by Gasteiger charge is -2.30. The van der Waals surface area contributed by atoms with Gasteiger partial charge in [0.1, 0.15) is 12.1 Å². The Morgan fingerprint density at radius 2 is 1.81 bits per heavy atom. The lowest BCUT2D eigenvalue weighted by Crippen LogP contribution is -2.54. The molecule has 2 aliphatic heterocycles. The smallest absolute Gasteiger partial charge is 0.289 e. The Hall–Kier alpha value is -4.29. The molecule has 1 saturated heterocycles. The summed E-state index contributed by atoms with van der Waals surface area (Å²) in [6.45, 7) is 1.89. The average Bonchev–Trinajstić information content (AvgIpc) is 3.54. The van der Waals surface area contributed by atoms with E-state index in [0.29, 0.717) is 35.6 Å². The first-order chi connectivity index (χ1) is 25.6. The second-order valence-corrected chi connectivity index (χ2v) is 16.4. The van der Waals surface area contributed by atoms with Gasteiger partial charge in [-0.1, -0.05) is 79.7 Å². The third kappa shape index (κ3) is 8.44. The van der Waals surface area contributed by atoms with Gasteiger partial charge in [0.05, 0.1) is 18.3 Å². The van der Waals surface area contributed by atoms with Gasteiger partial charge in [-0.25, -0.2) is 0 Å². The van der Waals surface area contributed by atoms with E-state index in [2.05, 4.69) is 21.1 Å². The SMILES string of the molecule is CCC[C@@H](NC(=O)[C@@H]1C[C@]2(CC(c3cccc(Cl)c3)=NO2)CN1C(=O)[C@@H](NC(=O)CC1CCCCC1)c1csc2ccccc12)C(=O)C(=O)NC1CC1. The molecule has 0 radical (unpaired) electrons. The summed E-state index contributed by atoms with van der Waals surface area (Å²) in [6.07, 6.45) is 8.47. The summed E-state index contributed by atoms with van der Waals surface area (Å²) in [5, 5.41) is 16.3. The fourth-order valence-electron chi connectivity index (χ4n) is 7.95. The second-order valence-electron chi connectivity index (χ2n) is 15.0. The zero-order chi connectivity index (χ0) is 37.1. The highest BCUT2D eigenvalue weighted by Crippen LogP contribution is 2.41. The number of carbonyl (C=O) groups excluding carboxylic acids is 5. The quantitative estimate of drug-likeness (QED) is 0.183. The first-order valence-electron chi connectivity index (χ1n) is 18.8. The first kappa shape index (κ1) is 37.0. The number of ketones is 1. The van der Waals surface area contributed by atoms with Crippen LogP contribution in [0.15, 0.2) is 59.1 Å². The van der Waals surface area contributed by atoms with E-state index in [1.54, 1.807) is 12.1 Å². The van der Waals surface area contributed by atoms with Crippen molar-refractivity contribution in [3.63, 3.8) is 0 Å². The predicted molar refractivity (Wildman–Crippen MR) is 203 cm³/mol. The van der Waals surface area contributed by atoms with Crippen molar-refractivity contribution in [1.82, 2.24) is 20.9 Å². The van der Waals surface area contributed by atoms with Crippen LogP contribution in [0, 0.1) is 5.92 Å². The predicted octanol–water partition coefficient (Wildman–Crippen LogP) is 5.98. The summed E-state index contributed by atoms with van der Waals surface area (Å²) in [7, 11) is 0. The molecule has 2 aliphatic carbocycles. The van der Waals surface area contributed by atoms with E-state index in [1.807, 2.05) is 48.7 Å². The molecule has 280 valence electrons. The lowest BCUT2D eigenvalue weighted by atomic mass is 9.86. The molecule has 0 bridgehead atoms. The fraction of sp³-hybridized carbons (Fsp3) is 0.500. The lowest BCUT2D eigenvalue weighted by molar-refractivity contribution is -0.143. The van der Waals surface area contributed by atoms with Gasteiger partial charge < -0.3 is 25.7 Å². The number of fused-ring (bicyclic) bond motifs is 1. The van der Waals surface area contributed by atoms with Crippen LogP contribution in [-0.4, -0.2) is 70.3 Å². The summed E-state index contributed by atoms with van der Waals surface area (Å²) in [5.74, 6) is -2.40. The average molecular weight is 760 g/mol. The highest BCUT2D eigenvalue weighted by atomic mass is 35.5. The highest BCUT2D eigenvalue weighted by Gasteiger charge is 2.55. The molecule has 2 aromatic carbocycles. The maximum Gasteiger partial charge on any atom is 0.289 e. The van der Waals surface area contributed by atoms with Crippen molar-refractivity contribution in [2.75, 3.05) is 6.54 Å². The van der Waals surface area contributed by atoms with Crippen molar-refractivity contribution < 1.29 is 28.8 Å². The molecule has 7 rings (SSSR count). The molecule has 0 unspecified atom stereocenters. The molecule has 53 heavy (non-hydrogen) atoms. The zero-order valence-electron chi connectivity index (χ0n) is 29.9. The molecule has 4 aliphatic rings. The Balaban J connectivity index is 1.19. The van der Waals surface area contributed by atoms with Crippen LogP contribution in [-0.2, 0) is 28.8 Å². The molecule has 2 saturated carbocycles. The van der Waals surface area contributed by atoms with Gasteiger partial charge in [0.2, 0.25) is 17.6 Å². The van der Waals surface area contributed by atoms with E-state index in [0.717, 1.165) is 54.2 Å². The minimum absolute atomic E-state index is 0.0149. The van der Waals surface area contributed by atoms with E-state index >= 15 is 4.79 Å². The van der Waals surface area contributed by atoms with Gasteiger partial charge in [0.25, 0.3) is 11.8 Å². The molecular formula is C40H46ClN5O6S. The number of benzene rings is 2. The molecule has 4 amide bonds. The molecule has 1 aromatic heterocycles. The van der Waals surface area contributed by atoms with Gasteiger partial charge in [-0.3, -0.25) is 24.0 Å². The van der Waals surface area contributed by atoms with Crippen LogP contribution in [0.4, 0.5) is 0 Å². The van der Waals surface area contributed by atoms with E-state index in [4.69, 9.17) is 16.4 Å². The monoisotopic (exact) mass is 759 g/mol. The summed E-state index contributed by atoms with van der Waals surface area (Å²) in [5.41, 5.74) is 1.02. The van der Waals surface area contributed by atoms with Crippen LogP contribution in [0.5, 0.6) is 0 Å². The summed E-state index contributed by atoms with van der Waals surface area (Å²) < 4.78 is 0.970. The largest absolute Gasteiger partial charge is 0.387 e. The molecule has 3 aromatic rings. The summed E-state index contributed by atoms with van der Waals surface area (Å²) >= 11 is 7.78. The number of carbonyl (C=O) groups is 5. The molecule has 3 N–H and O–H groups in total. The molecule has 4 atom stereocenters. The van der Waals surface area contributed by atoms with Crippen molar-refractivity contribution in [3.8, 4) is 0 Å². The number of hydrogen-bond acceptors (Lipinski definition) is 8. The summed E-state index contributed by atoms with van der Waals surface area (Å²) in [4.78, 5) is 76.8. The summed E-state index contributed by atoms with van der Waals surface area (Å²) in [6, 6.07) is 11.8. The van der Waals surface area contributed by atoms with Crippen molar-refractivity contribution in [2.24, 2.45) is 11.1 Å². The number of oxime groups is 1. The number of rotatable bonds is 13. The molecule has 11 nitrogen and oxygen atoms in total. The topological polar surface area (TPSA) is 146 Å². The number of likely N-dealkylation sites (tertiary alicyclic amines) is 1. The standard InChI is InChI=1S/C40H46ClN5O6S/c1-2-9-30(36(48)38(50)42-27-16-17-27)43-37(49)32-21-40(20-31(45-52-40)25-12-8-13-26(41)19-25)23-46(32)39(51)35(29-22-53-33-15-7-6-14-28(29)33)44-34(47)18-24-10-4-3-5-11-24/h6-8,12-15,19,22,24,27,30,32,35H,2-5,9-11,16-18,20-21,23H2,1H3,(H,42,50)(H,43,49)(H,44,47)/t30-,32+,35+,40-/m1/s1. The minimum Gasteiger partial charge on any atom is -0.387 e. The van der Waals surface area contributed by atoms with Crippen molar-refractivity contribution in [3.05, 3.63) is 70.1 Å². The third-order valence-corrected chi connectivity index (χ3v) is 12.1. The number of amides is 4. The Bertz CT molecular complexity index is 1920. The minimum atomic E-state index is -1.07. The molecule has 3 heterocycles. The number of nitrogens with zero attached hydrogens (tertiary/aromatic N) is 2. The van der Waals surface area contributed by atoms with Crippen molar-refractivity contribution >= 4 is 68.1 Å². The van der Waals surface area contributed by atoms with Crippen molar-refractivity contribution in [2.45, 2.75) is 114 Å². The van der Waals surface area contributed by atoms with E-state index in [9.17, 15) is 19.2 Å². The van der Waals surface area contributed by atoms with Crippen LogP contribution in [0.3, 0.4) is 0 Å². The Morgan fingerprint density at radius 1 is 1.02 bits per heavy atom. The molecule has 3 fully saturated rings. The normalized spacial score (nSPS) is 22.6. The Morgan fingerprint density at radius 3 is 2.57 bits per heavy atom. The molecule has 13 heteroatoms. The van der Waals surface area contributed by atoms with E-state index in [-0.39, 0.29) is 37.3 Å². The first-order valence-corrected chi connectivity index (χ1v) is 20.1. The van der Waals surface area contributed by atoms with Crippen molar-refractivity contribution in [1.29, 1.82) is 0 Å². The van der Waals surface area contributed by atoms with Gasteiger partial charge in [-0.2, -0.15) is 0 Å². The fourth-order valence-corrected chi connectivity index (χ4v) is 9.13. The number of halogens is 1. The Kier molecular flexibility index (Phi) is 11.2.